The molecule has 0 amide bonds. The Bertz CT molecular complexity index is 229. The van der Waals surface area contributed by atoms with Crippen LogP contribution in [0, 0.1) is 0 Å². The molecular formula is C6H6N2O3S. The molecule has 0 spiro atoms. The van der Waals surface area contributed by atoms with Crippen LogP contribution in [0.15, 0.2) is 11.6 Å². The first-order valence-corrected chi connectivity index (χ1v) is 4.07. The second-order valence-electron chi connectivity index (χ2n) is 1.93. The molecule has 2 rings (SSSR count). The molecule has 1 fully saturated rings. The van der Waals surface area contributed by atoms with Crippen molar-refractivity contribution >= 4 is 23.5 Å². The van der Waals surface area contributed by atoms with Gasteiger partial charge in [0.15, 0.2) is 0 Å². The lowest BCUT2D eigenvalue weighted by Crippen LogP contribution is -1.94. The molecule has 5 nitrogen and oxygen atoms in total. The van der Waals surface area contributed by atoms with Crippen molar-refractivity contribution in [2.75, 3.05) is 0 Å². The number of nitrogens with zero attached hydrogens (tertiary/aromatic N) is 2. The zero-order chi connectivity index (χ0) is 8.81. The number of rotatable bonds is 0. The number of carbonyl (C=O) groups is 2. The van der Waals surface area contributed by atoms with Crippen molar-refractivity contribution in [3.63, 3.8) is 0 Å². The van der Waals surface area contributed by atoms with E-state index >= 15 is 0 Å². The summed E-state index contributed by atoms with van der Waals surface area (Å²) in [5, 5.41) is 5.31. The fraction of sp³-hybridized carbons (Fsp3) is 0.333. The fourth-order valence-corrected chi connectivity index (χ4v) is 0.841. The van der Waals surface area contributed by atoms with Crippen LogP contribution in [0.1, 0.15) is 12.8 Å². The van der Waals surface area contributed by atoms with Gasteiger partial charge < -0.3 is 4.74 Å². The predicted molar refractivity (Wildman–Crippen MR) is 40.2 cm³/mol. The number of cyclic esters (lactones) is 2. The van der Waals surface area contributed by atoms with Gasteiger partial charge in [0, 0.05) is 5.38 Å². The summed E-state index contributed by atoms with van der Waals surface area (Å²) < 4.78 is 7.60. The van der Waals surface area contributed by atoms with Gasteiger partial charge in [-0.1, -0.05) is 4.49 Å². The third-order valence-electron chi connectivity index (χ3n) is 1.04. The van der Waals surface area contributed by atoms with Crippen molar-refractivity contribution < 1.29 is 14.3 Å². The van der Waals surface area contributed by atoms with Gasteiger partial charge in [0.05, 0.1) is 19.0 Å². The molecule has 2 heterocycles. The molecule has 1 aromatic rings. The fourth-order valence-electron chi connectivity index (χ4n) is 0.569. The van der Waals surface area contributed by atoms with E-state index in [1.165, 1.54) is 11.5 Å². The van der Waals surface area contributed by atoms with Gasteiger partial charge in [0.1, 0.15) is 0 Å². The van der Waals surface area contributed by atoms with Gasteiger partial charge in [0.2, 0.25) is 0 Å². The van der Waals surface area contributed by atoms with Gasteiger partial charge in [-0.3, -0.25) is 9.59 Å². The lowest BCUT2D eigenvalue weighted by atomic mass is 10.4. The molecule has 0 saturated carbocycles. The summed E-state index contributed by atoms with van der Waals surface area (Å²) in [6.07, 6.45) is 2.18. The number of hydrogen-bond acceptors (Lipinski definition) is 6. The van der Waals surface area contributed by atoms with E-state index in [1.54, 1.807) is 6.20 Å². The van der Waals surface area contributed by atoms with E-state index < -0.39 is 11.9 Å². The van der Waals surface area contributed by atoms with Gasteiger partial charge in [-0.2, -0.15) is 0 Å². The van der Waals surface area contributed by atoms with Crippen molar-refractivity contribution in [2.45, 2.75) is 12.8 Å². The Morgan fingerprint density at radius 1 is 1.33 bits per heavy atom. The molecular weight excluding hydrogens is 180 g/mol. The van der Waals surface area contributed by atoms with Crippen LogP contribution in [0.25, 0.3) is 0 Å². The molecule has 0 radical (unpaired) electrons. The lowest BCUT2D eigenvalue weighted by molar-refractivity contribution is -0.151. The standard InChI is InChI=1S/C4H4O3.C2H2N2S/c5-3-1-2-4(6)7-3;1-2-5-4-3-1/h1-2H2;1-2H. The van der Waals surface area contributed by atoms with Crippen LogP contribution in [0.2, 0.25) is 0 Å². The first-order valence-electron chi connectivity index (χ1n) is 3.23. The molecule has 0 unspecified atom stereocenters. The van der Waals surface area contributed by atoms with Gasteiger partial charge >= 0.3 is 11.9 Å². The normalized spacial score (nSPS) is 15.0. The van der Waals surface area contributed by atoms with E-state index in [0.29, 0.717) is 0 Å². The maximum Gasteiger partial charge on any atom is 0.314 e. The van der Waals surface area contributed by atoms with Crippen molar-refractivity contribution in [1.29, 1.82) is 0 Å². The molecule has 12 heavy (non-hydrogen) atoms. The second kappa shape index (κ2) is 4.55. The summed E-state index contributed by atoms with van der Waals surface area (Å²) in [4.78, 5) is 20.0. The van der Waals surface area contributed by atoms with Gasteiger partial charge in [-0.05, 0) is 11.5 Å². The lowest BCUT2D eigenvalue weighted by Gasteiger charge is -1.79. The summed E-state index contributed by atoms with van der Waals surface area (Å²) >= 11 is 1.35. The van der Waals surface area contributed by atoms with Gasteiger partial charge in [-0.25, -0.2) is 0 Å². The quantitative estimate of drug-likeness (QED) is 0.433. The van der Waals surface area contributed by atoms with E-state index in [9.17, 15) is 9.59 Å². The van der Waals surface area contributed by atoms with Crippen LogP contribution in [-0.4, -0.2) is 21.5 Å². The Kier molecular flexibility index (Phi) is 3.34. The van der Waals surface area contributed by atoms with Crippen LogP contribution >= 0.6 is 11.5 Å². The number of ether oxygens (including phenoxy) is 1. The summed E-state index contributed by atoms with van der Waals surface area (Å²) in [5.74, 6) is -0.796. The SMILES string of the molecule is O=C1CCC(=O)O1.c1csnn1. The zero-order valence-electron chi connectivity index (χ0n) is 6.10. The second-order valence-corrected chi connectivity index (χ2v) is 2.58. The highest BCUT2D eigenvalue weighted by molar-refractivity contribution is 7.03. The minimum absolute atomic E-state index is 0.263. The van der Waals surface area contributed by atoms with Crippen LogP contribution in [0.5, 0.6) is 0 Å². The Labute approximate surface area is 72.5 Å². The molecule has 1 saturated heterocycles. The van der Waals surface area contributed by atoms with Gasteiger partial charge in [-0.15, -0.1) is 5.10 Å². The van der Waals surface area contributed by atoms with E-state index in [2.05, 4.69) is 14.3 Å². The maximum absolute atomic E-state index is 10.0. The summed E-state index contributed by atoms with van der Waals surface area (Å²) in [6.45, 7) is 0. The molecule has 0 N–H and O–H groups in total. The number of aromatic nitrogens is 2. The Balaban J connectivity index is 0.000000127. The minimum Gasteiger partial charge on any atom is -0.393 e. The average molecular weight is 186 g/mol. The summed E-state index contributed by atoms with van der Waals surface area (Å²) in [5.41, 5.74) is 0. The third kappa shape index (κ3) is 3.20. The van der Waals surface area contributed by atoms with Crippen LogP contribution < -0.4 is 0 Å². The molecule has 1 aliphatic heterocycles. The monoisotopic (exact) mass is 186 g/mol. The summed E-state index contributed by atoms with van der Waals surface area (Å²) in [6, 6.07) is 0. The molecule has 1 aromatic heterocycles. The zero-order valence-corrected chi connectivity index (χ0v) is 6.91. The smallest absolute Gasteiger partial charge is 0.314 e. The van der Waals surface area contributed by atoms with Crippen molar-refractivity contribution in [3.05, 3.63) is 11.6 Å². The molecule has 64 valence electrons. The average Bonchev–Trinajstić information content (AvgIpc) is 2.63. The molecule has 0 aromatic carbocycles. The third-order valence-corrected chi connectivity index (χ3v) is 1.48. The van der Waals surface area contributed by atoms with Crippen molar-refractivity contribution in [3.8, 4) is 0 Å². The highest BCUT2D eigenvalue weighted by atomic mass is 32.1. The first-order chi connectivity index (χ1) is 5.79. The molecule has 6 heteroatoms. The van der Waals surface area contributed by atoms with E-state index in [-0.39, 0.29) is 12.8 Å². The van der Waals surface area contributed by atoms with Crippen molar-refractivity contribution in [1.82, 2.24) is 9.59 Å². The minimum atomic E-state index is -0.398. The largest absolute Gasteiger partial charge is 0.393 e. The van der Waals surface area contributed by atoms with Gasteiger partial charge in [0.25, 0.3) is 0 Å². The first kappa shape index (κ1) is 8.79. The molecule has 1 aliphatic rings. The van der Waals surface area contributed by atoms with E-state index in [0.717, 1.165) is 0 Å². The molecule has 0 bridgehead atoms. The highest BCUT2D eigenvalue weighted by Crippen LogP contribution is 2.03. The predicted octanol–water partition coefficient (Wildman–Crippen LogP) is 0.388. The Morgan fingerprint density at radius 2 is 2.00 bits per heavy atom. The number of esters is 2. The Hall–Kier alpha value is -1.30. The topological polar surface area (TPSA) is 69.2 Å². The highest BCUT2D eigenvalue weighted by Gasteiger charge is 2.19. The van der Waals surface area contributed by atoms with E-state index in [1.807, 2.05) is 5.38 Å². The molecule has 0 atom stereocenters. The Morgan fingerprint density at radius 3 is 2.17 bits per heavy atom. The van der Waals surface area contributed by atoms with Crippen LogP contribution in [0.4, 0.5) is 0 Å². The van der Waals surface area contributed by atoms with Crippen LogP contribution in [-0.2, 0) is 14.3 Å². The van der Waals surface area contributed by atoms with Crippen molar-refractivity contribution in [2.24, 2.45) is 0 Å². The summed E-state index contributed by atoms with van der Waals surface area (Å²) in [7, 11) is 0. The maximum atomic E-state index is 10.0. The number of carbonyl (C=O) groups excluding carboxylic acids is 2. The molecule has 0 aliphatic carbocycles. The van der Waals surface area contributed by atoms with Crippen LogP contribution in [0.3, 0.4) is 0 Å². The van der Waals surface area contributed by atoms with E-state index in [4.69, 9.17) is 0 Å². The number of hydrogen-bond donors (Lipinski definition) is 0.